The molecule has 3 rings (SSSR count). The first-order valence-electron chi connectivity index (χ1n) is 9.44. The molecule has 2 amide bonds. The Kier molecular flexibility index (Phi) is 6.22. The van der Waals surface area contributed by atoms with Crippen molar-refractivity contribution in [3.8, 4) is 0 Å². The van der Waals surface area contributed by atoms with Gasteiger partial charge < -0.3 is 9.80 Å². The highest BCUT2D eigenvalue weighted by molar-refractivity contribution is 5.95. The second-order valence-electron chi connectivity index (χ2n) is 7.07. The van der Waals surface area contributed by atoms with Crippen LogP contribution in [0.2, 0.25) is 0 Å². The van der Waals surface area contributed by atoms with E-state index in [9.17, 15) is 14.0 Å². The Morgan fingerprint density at radius 3 is 2.26 bits per heavy atom. The van der Waals surface area contributed by atoms with Crippen molar-refractivity contribution in [2.45, 2.75) is 32.2 Å². The van der Waals surface area contributed by atoms with Gasteiger partial charge >= 0.3 is 0 Å². The normalized spacial score (nSPS) is 14.5. The molecule has 0 unspecified atom stereocenters. The molecule has 1 aliphatic rings. The molecule has 0 N–H and O–H groups in total. The first-order valence-corrected chi connectivity index (χ1v) is 9.44. The standard InChI is InChI=1S/C22H25FN2O2/c1-24(21(26)19-7-6-8-20(23)15-19)16-17-9-11-18(12-10-17)22(27)25-13-4-2-3-5-14-25/h6-12,15H,2-5,13-14,16H2,1H3. The van der Waals surface area contributed by atoms with Crippen LogP contribution in [0, 0.1) is 5.82 Å². The summed E-state index contributed by atoms with van der Waals surface area (Å²) in [6, 6.07) is 13.1. The van der Waals surface area contributed by atoms with Gasteiger partial charge in [0.2, 0.25) is 0 Å². The first-order chi connectivity index (χ1) is 13.0. The van der Waals surface area contributed by atoms with Gasteiger partial charge in [0, 0.05) is 37.8 Å². The van der Waals surface area contributed by atoms with Gasteiger partial charge in [-0.05, 0) is 48.7 Å². The van der Waals surface area contributed by atoms with Gasteiger partial charge in [0.25, 0.3) is 11.8 Å². The Morgan fingerprint density at radius 1 is 0.963 bits per heavy atom. The maximum absolute atomic E-state index is 13.3. The molecule has 5 heteroatoms. The lowest BCUT2D eigenvalue weighted by Crippen LogP contribution is -2.31. The Bertz CT molecular complexity index is 796. The molecular weight excluding hydrogens is 343 g/mol. The highest BCUT2D eigenvalue weighted by Crippen LogP contribution is 2.15. The summed E-state index contributed by atoms with van der Waals surface area (Å²) in [5.74, 6) is -0.586. The fourth-order valence-electron chi connectivity index (χ4n) is 3.40. The molecule has 2 aromatic rings. The molecule has 0 radical (unpaired) electrons. The molecule has 1 fully saturated rings. The van der Waals surface area contributed by atoms with Crippen molar-refractivity contribution >= 4 is 11.8 Å². The molecule has 0 aliphatic carbocycles. The Hall–Kier alpha value is -2.69. The topological polar surface area (TPSA) is 40.6 Å². The van der Waals surface area contributed by atoms with Crippen LogP contribution in [-0.2, 0) is 6.54 Å². The highest BCUT2D eigenvalue weighted by atomic mass is 19.1. The van der Waals surface area contributed by atoms with Gasteiger partial charge in [-0.3, -0.25) is 9.59 Å². The molecule has 0 saturated carbocycles. The summed E-state index contributed by atoms with van der Waals surface area (Å²) in [5, 5.41) is 0. The van der Waals surface area contributed by atoms with Crippen molar-refractivity contribution in [3.05, 3.63) is 71.0 Å². The first kappa shape index (κ1) is 19.1. The maximum Gasteiger partial charge on any atom is 0.253 e. The van der Waals surface area contributed by atoms with Gasteiger partial charge in [0.1, 0.15) is 5.82 Å². The van der Waals surface area contributed by atoms with Crippen molar-refractivity contribution < 1.29 is 14.0 Å². The predicted octanol–water partition coefficient (Wildman–Crippen LogP) is 4.11. The van der Waals surface area contributed by atoms with E-state index in [2.05, 4.69) is 0 Å². The van der Waals surface area contributed by atoms with Crippen LogP contribution < -0.4 is 0 Å². The summed E-state index contributed by atoms with van der Waals surface area (Å²) in [6.07, 6.45) is 4.51. The van der Waals surface area contributed by atoms with Crippen LogP contribution in [0.4, 0.5) is 4.39 Å². The number of carbonyl (C=O) groups excluding carboxylic acids is 2. The minimum absolute atomic E-state index is 0.0765. The lowest BCUT2D eigenvalue weighted by molar-refractivity contribution is 0.0758. The van der Waals surface area contributed by atoms with Crippen molar-refractivity contribution in [1.29, 1.82) is 0 Å². The third-order valence-electron chi connectivity index (χ3n) is 4.93. The van der Waals surface area contributed by atoms with E-state index in [0.29, 0.717) is 17.7 Å². The molecule has 0 spiro atoms. The third kappa shape index (κ3) is 4.94. The van der Waals surface area contributed by atoms with Crippen molar-refractivity contribution in [2.24, 2.45) is 0 Å². The van der Waals surface area contributed by atoms with E-state index >= 15 is 0 Å². The van der Waals surface area contributed by atoms with Gasteiger partial charge in [-0.1, -0.05) is 31.0 Å². The van der Waals surface area contributed by atoms with Gasteiger partial charge in [-0.2, -0.15) is 0 Å². The lowest BCUT2D eigenvalue weighted by atomic mass is 10.1. The second kappa shape index (κ2) is 8.80. The highest BCUT2D eigenvalue weighted by Gasteiger charge is 2.17. The van der Waals surface area contributed by atoms with E-state index in [1.54, 1.807) is 18.0 Å². The number of carbonyl (C=O) groups is 2. The van der Waals surface area contributed by atoms with Gasteiger partial charge in [-0.25, -0.2) is 4.39 Å². The molecule has 1 saturated heterocycles. The van der Waals surface area contributed by atoms with Crippen LogP contribution in [0.5, 0.6) is 0 Å². The largest absolute Gasteiger partial charge is 0.339 e. The summed E-state index contributed by atoms with van der Waals surface area (Å²) in [6.45, 7) is 2.05. The lowest BCUT2D eigenvalue weighted by Gasteiger charge is -2.21. The number of halogens is 1. The number of nitrogens with zero attached hydrogens (tertiary/aromatic N) is 2. The fourth-order valence-corrected chi connectivity index (χ4v) is 3.40. The Morgan fingerprint density at radius 2 is 1.63 bits per heavy atom. The summed E-state index contributed by atoms with van der Waals surface area (Å²) < 4.78 is 13.3. The number of rotatable bonds is 4. The van der Waals surface area contributed by atoms with E-state index in [-0.39, 0.29) is 11.8 Å². The summed E-state index contributed by atoms with van der Waals surface area (Å²) in [4.78, 5) is 28.5. The zero-order valence-electron chi connectivity index (χ0n) is 15.7. The van der Waals surface area contributed by atoms with E-state index in [0.717, 1.165) is 31.5 Å². The van der Waals surface area contributed by atoms with E-state index in [4.69, 9.17) is 0 Å². The third-order valence-corrected chi connectivity index (χ3v) is 4.93. The minimum Gasteiger partial charge on any atom is -0.339 e. The molecule has 0 atom stereocenters. The average molecular weight is 368 g/mol. The molecule has 142 valence electrons. The monoisotopic (exact) mass is 368 g/mol. The van der Waals surface area contributed by atoms with Crippen LogP contribution in [0.3, 0.4) is 0 Å². The number of benzene rings is 2. The zero-order valence-corrected chi connectivity index (χ0v) is 15.7. The minimum atomic E-state index is -0.425. The maximum atomic E-state index is 13.3. The fraction of sp³-hybridized carbons (Fsp3) is 0.364. The number of hydrogen-bond donors (Lipinski definition) is 0. The second-order valence-corrected chi connectivity index (χ2v) is 7.07. The van der Waals surface area contributed by atoms with Crippen LogP contribution in [0.25, 0.3) is 0 Å². The van der Waals surface area contributed by atoms with Crippen LogP contribution in [0.1, 0.15) is 52.0 Å². The SMILES string of the molecule is CN(Cc1ccc(C(=O)N2CCCCCC2)cc1)C(=O)c1cccc(F)c1. The molecule has 27 heavy (non-hydrogen) atoms. The van der Waals surface area contributed by atoms with Crippen molar-refractivity contribution in [1.82, 2.24) is 9.80 Å². The summed E-state index contributed by atoms with van der Waals surface area (Å²) in [5.41, 5.74) is 1.93. The van der Waals surface area contributed by atoms with E-state index in [1.165, 1.54) is 31.0 Å². The Labute approximate surface area is 159 Å². The molecule has 0 aromatic heterocycles. The predicted molar refractivity (Wildman–Crippen MR) is 103 cm³/mol. The van der Waals surface area contributed by atoms with E-state index in [1.807, 2.05) is 29.2 Å². The molecule has 1 heterocycles. The quantitative estimate of drug-likeness (QED) is 0.815. The number of amides is 2. The molecule has 4 nitrogen and oxygen atoms in total. The molecular formula is C22H25FN2O2. The van der Waals surface area contributed by atoms with Crippen molar-refractivity contribution in [2.75, 3.05) is 20.1 Å². The molecule has 2 aromatic carbocycles. The van der Waals surface area contributed by atoms with Crippen molar-refractivity contribution in [3.63, 3.8) is 0 Å². The Balaban J connectivity index is 1.63. The summed E-state index contributed by atoms with van der Waals surface area (Å²) >= 11 is 0. The van der Waals surface area contributed by atoms with Gasteiger partial charge in [0.15, 0.2) is 0 Å². The zero-order chi connectivity index (χ0) is 19.2. The van der Waals surface area contributed by atoms with E-state index < -0.39 is 5.82 Å². The molecule has 0 bridgehead atoms. The number of hydrogen-bond acceptors (Lipinski definition) is 2. The summed E-state index contributed by atoms with van der Waals surface area (Å²) in [7, 11) is 1.68. The smallest absolute Gasteiger partial charge is 0.253 e. The number of likely N-dealkylation sites (tertiary alicyclic amines) is 1. The average Bonchev–Trinajstić information content (AvgIpc) is 2.97. The van der Waals surface area contributed by atoms with Gasteiger partial charge in [0.05, 0.1) is 0 Å². The van der Waals surface area contributed by atoms with Crippen LogP contribution in [0.15, 0.2) is 48.5 Å². The van der Waals surface area contributed by atoms with Crippen LogP contribution in [-0.4, -0.2) is 41.8 Å². The van der Waals surface area contributed by atoms with Gasteiger partial charge in [-0.15, -0.1) is 0 Å². The molecule has 1 aliphatic heterocycles. The van der Waals surface area contributed by atoms with Crippen LogP contribution >= 0.6 is 0 Å².